The fourth-order valence-corrected chi connectivity index (χ4v) is 2.43. The minimum Gasteiger partial charge on any atom is -0.379 e. The topological polar surface area (TPSA) is 48.0 Å². The summed E-state index contributed by atoms with van der Waals surface area (Å²) in [4.78, 5) is 14.0. The van der Waals surface area contributed by atoms with E-state index in [0.29, 0.717) is 39.6 Å². The molecule has 0 aromatic rings. The van der Waals surface area contributed by atoms with Crippen molar-refractivity contribution in [1.82, 2.24) is 4.90 Å². The first kappa shape index (κ1) is 12.8. The second-order valence-corrected chi connectivity index (χ2v) is 4.68. The molecule has 2 aliphatic heterocycles. The molecule has 0 saturated carbocycles. The van der Waals surface area contributed by atoms with Gasteiger partial charge < -0.3 is 19.1 Å². The van der Waals surface area contributed by atoms with E-state index in [0.717, 1.165) is 12.8 Å². The fraction of sp³-hybridized carbons (Fsp3) is 0.917. The van der Waals surface area contributed by atoms with Gasteiger partial charge in [-0.1, -0.05) is 6.92 Å². The smallest absolute Gasteiger partial charge is 0.249 e. The van der Waals surface area contributed by atoms with E-state index in [1.165, 1.54) is 0 Å². The Morgan fingerprint density at radius 1 is 1.35 bits per heavy atom. The Balaban J connectivity index is 1.93. The van der Waals surface area contributed by atoms with Crippen LogP contribution in [0.4, 0.5) is 0 Å². The van der Waals surface area contributed by atoms with Crippen LogP contribution in [-0.2, 0) is 19.0 Å². The highest BCUT2D eigenvalue weighted by atomic mass is 16.5. The van der Waals surface area contributed by atoms with Crippen LogP contribution in [0.25, 0.3) is 0 Å². The number of amides is 1. The molecule has 0 aromatic carbocycles. The first-order valence-electron chi connectivity index (χ1n) is 6.32. The Hall–Kier alpha value is -0.650. The molecule has 0 unspecified atom stereocenters. The Morgan fingerprint density at radius 3 is 2.82 bits per heavy atom. The van der Waals surface area contributed by atoms with Gasteiger partial charge in [-0.15, -0.1) is 0 Å². The lowest BCUT2D eigenvalue weighted by Gasteiger charge is -2.43. The summed E-state index contributed by atoms with van der Waals surface area (Å²) in [7, 11) is 0. The maximum Gasteiger partial charge on any atom is 0.249 e. The van der Waals surface area contributed by atoms with Crippen LogP contribution in [0.15, 0.2) is 0 Å². The van der Waals surface area contributed by atoms with Gasteiger partial charge >= 0.3 is 0 Å². The minimum absolute atomic E-state index is 0.0623. The summed E-state index contributed by atoms with van der Waals surface area (Å²) in [5, 5.41) is 0. The highest BCUT2D eigenvalue weighted by molar-refractivity contribution is 5.78. The van der Waals surface area contributed by atoms with Crippen molar-refractivity contribution in [2.45, 2.75) is 25.3 Å². The van der Waals surface area contributed by atoms with Crippen LogP contribution in [0, 0.1) is 0 Å². The third-order valence-electron chi connectivity index (χ3n) is 3.36. The molecule has 0 aromatic heterocycles. The zero-order valence-corrected chi connectivity index (χ0v) is 10.4. The molecule has 2 saturated heterocycles. The summed E-state index contributed by atoms with van der Waals surface area (Å²) in [6, 6.07) is 0. The Labute approximate surface area is 102 Å². The number of nitrogens with zero attached hydrogens (tertiary/aromatic N) is 1. The van der Waals surface area contributed by atoms with Gasteiger partial charge in [0.1, 0.15) is 6.61 Å². The molecule has 5 nitrogen and oxygen atoms in total. The van der Waals surface area contributed by atoms with Crippen molar-refractivity contribution in [2.75, 3.05) is 46.2 Å². The molecule has 0 N–H and O–H groups in total. The Morgan fingerprint density at radius 2 is 2.12 bits per heavy atom. The summed E-state index contributed by atoms with van der Waals surface area (Å²) in [6.45, 7) is 6.00. The first-order valence-corrected chi connectivity index (χ1v) is 6.32. The number of ether oxygens (including phenoxy) is 3. The monoisotopic (exact) mass is 243 g/mol. The zero-order chi connectivity index (χ0) is 12.1. The van der Waals surface area contributed by atoms with Gasteiger partial charge in [0.05, 0.1) is 25.4 Å². The van der Waals surface area contributed by atoms with Crippen molar-refractivity contribution in [2.24, 2.45) is 0 Å². The van der Waals surface area contributed by atoms with Crippen LogP contribution in [-0.4, -0.2) is 62.5 Å². The van der Waals surface area contributed by atoms with Crippen molar-refractivity contribution < 1.29 is 19.0 Å². The number of carbonyl (C=O) groups excluding carboxylic acids is 1. The summed E-state index contributed by atoms with van der Waals surface area (Å²) >= 11 is 0. The minimum atomic E-state index is -0.231. The molecule has 0 radical (unpaired) electrons. The summed E-state index contributed by atoms with van der Waals surface area (Å²) in [5.41, 5.74) is -0.231. The van der Waals surface area contributed by atoms with Crippen molar-refractivity contribution in [3.63, 3.8) is 0 Å². The molecule has 0 aliphatic carbocycles. The molecule has 1 spiro atoms. The predicted octanol–water partition coefficient (Wildman–Crippen LogP) is 0.431. The Kier molecular flexibility index (Phi) is 4.36. The molecule has 0 bridgehead atoms. The van der Waals surface area contributed by atoms with Gasteiger partial charge in [-0.3, -0.25) is 4.79 Å². The number of hydrogen-bond acceptors (Lipinski definition) is 4. The van der Waals surface area contributed by atoms with Gasteiger partial charge in [0.15, 0.2) is 0 Å². The molecule has 2 aliphatic rings. The molecule has 2 rings (SSSR count). The molecule has 2 heterocycles. The molecular formula is C12H21NO4. The zero-order valence-electron chi connectivity index (χ0n) is 10.4. The number of carbonyl (C=O) groups is 1. The Bertz CT molecular complexity index is 263. The van der Waals surface area contributed by atoms with Crippen molar-refractivity contribution in [3.05, 3.63) is 0 Å². The fourth-order valence-electron chi connectivity index (χ4n) is 2.43. The lowest BCUT2D eigenvalue weighted by Crippen LogP contribution is -2.60. The van der Waals surface area contributed by atoms with E-state index in [1.807, 2.05) is 11.8 Å². The lowest BCUT2D eigenvalue weighted by atomic mass is 9.96. The van der Waals surface area contributed by atoms with Crippen LogP contribution < -0.4 is 0 Å². The van der Waals surface area contributed by atoms with Crippen molar-refractivity contribution in [1.29, 1.82) is 0 Å². The van der Waals surface area contributed by atoms with Gasteiger partial charge in [-0.25, -0.2) is 0 Å². The molecule has 1 atom stereocenters. The maximum absolute atomic E-state index is 12.1. The number of rotatable bonds is 4. The standard InChI is InChI=1S/C12H21NO4/c1-2-5-15-8-11(14)13-4-7-17-10-12(13)3-6-16-9-12/h2-10H2,1H3/t12-/m1/s1. The van der Waals surface area contributed by atoms with E-state index in [4.69, 9.17) is 14.2 Å². The van der Waals surface area contributed by atoms with E-state index < -0.39 is 0 Å². The lowest BCUT2D eigenvalue weighted by molar-refractivity contribution is -0.154. The average molecular weight is 243 g/mol. The van der Waals surface area contributed by atoms with E-state index in [1.54, 1.807) is 0 Å². The SMILES string of the molecule is CCCOCC(=O)N1CCOC[C@]12CCOC2. The summed E-state index contributed by atoms with van der Waals surface area (Å²) in [6.07, 6.45) is 1.80. The van der Waals surface area contributed by atoms with Crippen LogP contribution in [0.5, 0.6) is 0 Å². The van der Waals surface area contributed by atoms with E-state index in [-0.39, 0.29) is 18.1 Å². The highest BCUT2D eigenvalue weighted by Crippen LogP contribution is 2.29. The van der Waals surface area contributed by atoms with Gasteiger partial charge in [0, 0.05) is 19.8 Å². The number of morpholine rings is 1. The van der Waals surface area contributed by atoms with Gasteiger partial charge in [0.25, 0.3) is 0 Å². The molecule has 5 heteroatoms. The third-order valence-corrected chi connectivity index (χ3v) is 3.36. The van der Waals surface area contributed by atoms with Crippen LogP contribution >= 0.6 is 0 Å². The number of hydrogen-bond donors (Lipinski definition) is 0. The second kappa shape index (κ2) is 5.80. The van der Waals surface area contributed by atoms with Gasteiger partial charge in [-0.05, 0) is 12.8 Å². The van der Waals surface area contributed by atoms with E-state index in [2.05, 4.69) is 0 Å². The normalized spacial score (nSPS) is 28.9. The molecular weight excluding hydrogens is 222 g/mol. The van der Waals surface area contributed by atoms with Crippen LogP contribution in [0.1, 0.15) is 19.8 Å². The summed E-state index contributed by atoms with van der Waals surface area (Å²) in [5.74, 6) is 0.0623. The molecule has 2 fully saturated rings. The second-order valence-electron chi connectivity index (χ2n) is 4.68. The van der Waals surface area contributed by atoms with Gasteiger partial charge in [0.2, 0.25) is 5.91 Å². The van der Waals surface area contributed by atoms with E-state index >= 15 is 0 Å². The van der Waals surface area contributed by atoms with Crippen molar-refractivity contribution in [3.8, 4) is 0 Å². The summed E-state index contributed by atoms with van der Waals surface area (Å²) < 4.78 is 16.3. The molecule has 98 valence electrons. The quantitative estimate of drug-likeness (QED) is 0.672. The first-order chi connectivity index (χ1) is 8.28. The third kappa shape index (κ3) is 2.78. The highest BCUT2D eigenvalue weighted by Gasteiger charge is 2.45. The average Bonchev–Trinajstić information content (AvgIpc) is 2.79. The van der Waals surface area contributed by atoms with Gasteiger partial charge in [-0.2, -0.15) is 0 Å². The maximum atomic E-state index is 12.1. The van der Waals surface area contributed by atoms with Crippen LogP contribution in [0.2, 0.25) is 0 Å². The largest absolute Gasteiger partial charge is 0.379 e. The predicted molar refractivity (Wildman–Crippen MR) is 61.8 cm³/mol. The van der Waals surface area contributed by atoms with E-state index in [9.17, 15) is 4.79 Å². The van der Waals surface area contributed by atoms with Crippen LogP contribution in [0.3, 0.4) is 0 Å². The molecule has 17 heavy (non-hydrogen) atoms. The van der Waals surface area contributed by atoms with Crippen molar-refractivity contribution >= 4 is 5.91 Å². The molecule has 1 amide bonds.